The second-order valence-electron chi connectivity index (χ2n) is 6.86. The van der Waals surface area contributed by atoms with Gasteiger partial charge in [0.05, 0.1) is 12.1 Å². The lowest BCUT2D eigenvalue weighted by Crippen LogP contribution is -2.18. The zero-order valence-corrected chi connectivity index (χ0v) is 15.4. The molecule has 5 nitrogen and oxygen atoms in total. The summed E-state index contributed by atoms with van der Waals surface area (Å²) in [6.07, 6.45) is 2.67. The molecule has 0 unspecified atom stereocenters. The Morgan fingerprint density at radius 2 is 1.78 bits per heavy atom. The fourth-order valence-electron chi connectivity index (χ4n) is 3.38. The summed E-state index contributed by atoms with van der Waals surface area (Å²) >= 11 is 0. The molecule has 1 aliphatic rings. The number of oxazole rings is 1. The molecule has 4 rings (SSSR count). The van der Waals surface area contributed by atoms with Crippen LogP contribution in [0.5, 0.6) is 0 Å². The van der Waals surface area contributed by atoms with Gasteiger partial charge < -0.3 is 14.6 Å². The maximum Gasteiger partial charge on any atom is 0.232 e. The molecule has 1 amide bonds. The lowest BCUT2D eigenvalue weighted by molar-refractivity contribution is -0.115. The third-order valence-corrected chi connectivity index (χ3v) is 4.86. The molecule has 0 atom stereocenters. The standard InChI is InChI=1S/C22H23N3O2/c1-16-20(27-22(23-16)17-7-3-2-4-8-17)15-21(26)24-18-9-11-19(12-10-18)25-13-5-6-14-25/h2-4,7-12H,5-6,13-15H2,1H3,(H,24,26). The summed E-state index contributed by atoms with van der Waals surface area (Å²) in [6.45, 7) is 4.09. The van der Waals surface area contributed by atoms with Crippen molar-refractivity contribution in [2.75, 3.05) is 23.3 Å². The summed E-state index contributed by atoms with van der Waals surface area (Å²) in [5.74, 6) is 1.04. The zero-order valence-electron chi connectivity index (χ0n) is 15.4. The van der Waals surface area contributed by atoms with Gasteiger partial charge in [-0.05, 0) is 56.2 Å². The van der Waals surface area contributed by atoms with Crippen molar-refractivity contribution >= 4 is 17.3 Å². The van der Waals surface area contributed by atoms with E-state index in [9.17, 15) is 4.79 Å². The summed E-state index contributed by atoms with van der Waals surface area (Å²) < 4.78 is 5.82. The number of aromatic nitrogens is 1. The highest BCUT2D eigenvalue weighted by Crippen LogP contribution is 2.24. The second-order valence-corrected chi connectivity index (χ2v) is 6.86. The fourth-order valence-corrected chi connectivity index (χ4v) is 3.38. The molecule has 2 aromatic carbocycles. The Kier molecular flexibility index (Phi) is 4.92. The first-order valence-electron chi connectivity index (χ1n) is 9.35. The van der Waals surface area contributed by atoms with Gasteiger partial charge in [0.1, 0.15) is 5.76 Å². The molecule has 1 N–H and O–H groups in total. The third kappa shape index (κ3) is 4.03. The number of aryl methyl sites for hydroxylation is 1. The molecule has 2 heterocycles. The van der Waals surface area contributed by atoms with Crippen LogP contribution in [-0.4, -0.2) is 24.0 Å². The van der Waals surface area contributed by atoms with E-state index in [1.807, 2.05) is 49.4 Å². The molecule has 5 heteroatoms. The van der Waals surface area contributed by atoms with Crippen molar-refractivity contribution in [3.63, 3.8) is 0 Å². The number of carbonyl (C=O) groups excluding carboxylic acids is 1. The first-order valence-corrected chi connectivity index (χ1v) is 9.35. The molecule has 138 valence electrons. The Labute approximate surface area is 159 Å². The van der Waals surface area contributed by atoms with Gasteiger partial charge in [0.25, 0.3) is 0 Å². The molecule has 0 aliphatic carbocycles. The van der Waals surface area contributed by atoms with E-state index >= 15 is 0 Å². The normalized spacial score (nSPS) is 13.7. The molecule has 0 bridgehead atoms. The number of hydrogen-bond donors (Lipinski definition) is 1. The molecule has 0 radical (unpaired) electrons. The number of rotatable bonds is 5. The van der Waals surface area contributed by atoms with Crippen LogP contribution >= 0.6 is 0 Å². The first-order chi connectivity index (χ1) is 13.2. The number of amides is 1. The van der Waals surface area contributed by atoms with E-state index in [-0.39, 0.29) is 12.3 Å². The number of benzene rings is 2. The number of nitrogens with zero attached hydrogens (tertiary/aromatic N) is 2. The maximum atomic E-state index is 12.4. The first kappa shape index (κ1) is 17.3. The van der Waals surface area contributed by atoms with Gasteiger partial charge >= 0.3 is 0 Å². The predicted octanol–water partition coefficient (Wildman–Crippen LogP) is 4.43. The quantitative estimate of drug-likeness (QED) is 0.730. The second kappa shape index (κ2) is 7.66. The molecular formula is C22H23N3O2. The molecule has 1 aromatic heterocycles. The highest BCUT2D eigenvalue weighted by atomic mass is 16.4. The molecule has 1 aliphatic heterocycles. The van der Waals surface area contributed by atoms with Gasteiger partial charge in [0.15, 0.2) is 0 Å². The average molecular weight is 361 g/mol. The van der Waals surface area contributed by atoms with E-state index in [2.05, 4.69) is 27.3 Å². The smallest absolute Gasteiger partial charge is 0.232 e. The number of anilines is 2. The average Bonchev–Trinajstić information content (AvgIpc) is 3.34. The van der Waals surface area contributed by atoms with Crippen molar-refractivity contribution in [1.29, 1.82) is 0 Å². The van der Waals surface area contributed by atoms with Gasteiger partial charge in [-0.3, -0.25) is 4.79 Å². The maximum absolute atomic E-state index is 12.4. The van der Waals surface area contributed by atoms with Crippen LogP contribution in [0.3, 0.4) is 0 Å². The highest BCUT2D eigenvalue weighted by Gasteiger charge is 2.15. The topological polar surface area (TPSA) is 58.4 Å². The van der Waals surface area contributed by atoms with Gasteiger partial charge in [0.2, 0.25) is 11.8 Å². The summed E-state index contributed by atoms with van der Waals surface area (Å²) in [5, 5.41) is 2.94. The summed E-state index contributed by atoms with van der Waals surface area (Å²) in [5.41, 5.74) is 3.66. The van der Waals surface area contributed by atoms with Crippen molar-refractivity contribution in [2.45, 2.75) is 26.2 Å². The van der Waals surface area contributed by atoms with E-state index in [1.54, 1.807) is 0 Å². The number of carbonyl (C=O) groups is 1. The molecule has 1 saturated heterocycles. The van der Waals surface area contributed by atoms with Crippen LogP contribution in [0.1, 0.15) is 24.3 Å². The van der Waals surface area contributed by atoms with E-state index in [1.165, 1.54) is 18.5 Å². The minimum atomic E-state index is -0.109. The third-order valence-electron chi connectivity index (χ3n) is 4.86. The van der Waals surface area contributed by atoms with Crippen LogP contribution < -0.4 is 10.2 Å². The van der Waals surface area contributed by atoms with E-state index in [0.29, 0.717) is 11.7 Å². The van der Waals surface area contributed by atoms with E-state index < -0.39 is 0 Å². The minimum Gasteiger partial charge on any atom is -0.440 e. The van der Waals surface area contributed by atoms with Crippen molar-refractivity contribution in [1.82, 2.24) is 4.98 Å². The van der Waals surface area contributed by atoms with Crippen molar-refractivity contribution in [3.8, 4) is 11.5 Å². The fraction of sp³-hybridized carbons (Fsp3) is 0.273. The Hall–Kier alpha value is -3.08. The Morgan fingerprint density at radius 3 is 2.48 bits per heavy atom. The lowest BCUT2D eigenvalue weighted by atomic mass is 10.2. The highest BCUT2D eigenvalue weighted by molar-refractivity contribution is 5.92. The summed E-state index contributed by atoms with van der Waals surface area (Å²) in [6, 6.07) is 17.7. The van der Waals surface area contributed by atoms with Crippen molar-refractivity contribution in [3.05, 3.63) is 66.1 Å². The molecule has 0 saturated carbocycles. The van der Waals surface area contributed by atoms with Gasteiger partial charge in [0, 0.05) is 30.0 Å². The predicted molar refractivity (Wildman–Crippen MR) is 107 cm³/mol. The monoisotopic (exact) mass is 361 g/mol. The van der Waals surface area contributed by atoms with Crippen LogP contribution in [0.15, 0.2) is 59.0 Å². The van der Waals surface area contributed by atoms with E-state index in [4.69, 9.17) is 4.42 Å². The molecule has 0 spiro atoms. The largest absolute Gasteiger partial charge is 0.440 e. The van der Waals surface area contributed by atoms with Gasteiger partial charge in [-0.1, -0.05) is 18.2 Å². The van der Waals surface area contributed by atoms with Crippen molar-refractivity contribution < 1.29 is 9.21 Å². The Bertz CT molecular complexity index is 910. The molecule has 3 aromatic rings. The van der Waals surface area contributed by atoms with Gasteiger partial charge in [-0.2, -0.15) is 0 Å². The number of nitrogens with one attached hydrogen (secondary N) is 1. The molecule has 1 fully saturated rings. The van der Waals surface area contributed by atoms with Gasteiger partial charge in [-0.25, -0.2) is 4.98 Å². The molecule has 27 heavy (non-hydrogen) atoms. The van der Waals surface area contributed by atoms with Crippen molar-refractivity contribution in [2.24, 2.45) is 0 Å². The van der Waals surface area contributed by atoms with E-state index in [0.717, 1.165) is 30.0 Å². The SMILES string of the molecule is Cc1nc(-c2ccccc2)oc1CC(=O)Nc1ccc(N2CCCC2)cc1. The van der Waals surface area contributed by atoms with Crippen LogP contribution in [0.25, 0.3) is 11.5 Å². The van der Waals surface area contributed by atoms with Crippen LogP contribution in [0.4, 0.5) is 11.4 Å². The Morgan fingerprint density at radius 1 is 1.07 bits per heavy atom. The summed E-state index contributed by atoms with van der Waals surface area (Å²) in [4.78, 5) is 19.2. The Balaban J connectivity index is 1.40. The zero-order chi connectivity index (χ0) is 18.6. The molecular weight excluding hydrogens is 338 g/mol. The summed E-state index contributed by atoms with van der Waals surface area (Å²) in [7, 11) is 0. The minimum absolute atomic E-state index is 0.109. The van der Waals surface area contributed by atoms with Gasteiger partial charge in [-0.15, -0.1) is 0 Å². The van der Waals surface area contributed by atoms with Crippen LogP contribution in [0, 0.1) is 6.92 Å². The lowest BCUT2D eigenvalue weighted by Gasteiger charge is -2.17. The number of hydrogen-bond acceptors (Lipinski definition) is 4. The van der Waals surface area contributed by atoms with Crippen LogP contribution in [-0.2, 0) is 11.2 Å². The van der Waals surface area contributed by atoms with Crippen LogP contribution in [0.2, 0.25) is 0 Å².